The zero-order valence-electron chi connectivity index (χ0n) is 14.4. The van der Waals surface area contributed by atoms with Gasteiger partial charge < -0.3 is 5.32 Å². The standard InChI is InChI=1S/C19H18N4O2S/c1-12-3-7-14(8-4-12)17-18(25)21-19(23-22-17)26-11-16(24)20-15-9-5-13(2)6-10-15/h3-10H,11H2,1-2H3,(H,20,24)(H,21,23,25). The molecule has 0 radical (unpaired) electrons. The monoisotopic (exact) mass is 366 g/mol. The lowest BCUT2D eigenvalue weighted by Gasteiger charge is -2.05. The number of amides is 1. The number of benzene rings is 2. The molecule has 132 valence electrons. The summed E-state index contributed by atoms with van der Waals surface area (Å²) in [6.07, 6.45) is 0. The van der Waals surface area contributed by atoms with Crippen LogP contribution < -0.4 is 10.9 Å². The maximum atomic E-state index is 12.2. The number of nitrogens with one attached hydrogen (secondary N) is 2. The van der Waals surface area contributed by atoms with Gasteiger partial charge in [0.1, 0.15) is 0 Å². The van der Waals surface area contributed by atoms with Crippen molar-refractivity contribution in [3.63, 3.8) is 0 Å². The van der Waals surface area contributed by atoms with E-state index in [2.05, 4.69) is 20.5 Å². The first-order valence-electron chi connectivity index (χ1n) is 8.04. The Morgan fingerprint density at radius 1 is 1.00 bits per heavy atom. The van der Waals surface area contributed by atoms with Crippen LogP contribution in [0.5, 0.6) is 0 Å². The van der Waals surface area contributed by atoms with Crippen LogP contribution in [0.1, 0.15) is 11.1 Å². The van der Waals surface area contributed by atoms with E-state index in [-0.39, 0.29) is 22.9 Å². The van der Waals surface area contributed by atoms with Gasteiger partial charge in [-0.25, -0.2) is 0 Å². The van der Waals surface area contributed by atoms with Crippen LogP contribution in [0.25, 0.3) is 11.3 Å². The van der Waals surface area contributed by atoms with Crippen molar-refractivity contribution in [2.45, 2.75) is 19.0 Å². The molecule has 0 spiro atoms. The summed E-state index contributed by atoms with van der Waals surface area (Å²) in [6.45, 7) is 3.96. The Morgan fingerprint density at radius 2 is 1.62 bits per heavy atom. The SMILES string of the molecule is Cc1ccc(NC(=O)CSc2nnc(-c3ccc(C)cc3)c(=O)[nH]2)cc1. The summed E-state index contributed by atoms with van der Waals surface area (Å²) >= 11 is 1.13. The molecule has 26 heavy (non-hydrogen) atoms. The van der Waals surface area contributed by atoms with E-state index in [4.69, 9.17) is 0 Å². The summed E-state index contributed by atoms with van der Waals surface area (Å²) in [5, 5.41) is 11.1. The van der Waals surface area contributed by atoms with Crippen LogP contribution >= 0.6 is 11.8 Å². The number of carbonyl (C=O) groups excluding carboxylic acids is 1. The summed E-state index contributed by atoms with van der Waals surface area (Å²) in [7, 11) is 0. The first kappa shape index (κ1) is 17.9. The summed E-state index contributed by atoms with van der Waals surface area (Å²) < 4.78 is 0. The van der Waals surface area contributed by atoms with Gasteiger partial charge in [0.15, 0.2) is 10.9 Å². The van der Waals surface area contributed by atoms with Crippen molar-refractivity contribution < 1.29 is 4.79 Å². The molecule has 7 heteroatoms. The molecular weight excluding hydrogens is 348 g/mol. The number of rotatable bonds is 5. The van der Waals surface area contributed by atoms with Gasteiger partial charge in [-0.05, 0) is 26.0 Å². The van der Waals surface area contributed by atoms with Crippen molar-refractivity contribution in [1.82, 2.24) is 15.2 Å². The fourth-order valence-corrected chi connectivity index (χ4v) is 2.86. The van der Waals surface area contributed by atoms with Crippen molar-refractivity contribution in [2.24, 2.45) is 0 Å². The highest BCUT2D eigenvalue weighted by Gasteiger charge is 2.10. The number of anilines is 1. The summed E-state index contributed by atoms with van der Waals surface area (Å²) in [5.41, 5.74) is 3.60. The number of aromatic nitrogens is 3. The van der Waals surface area contributed by atoms with Crippen molar-refractivity contribution in [1.29, 1.82) is 0 Å². The smallest absolute Gasteiger partial charge is 0.278 e. The number of aryl methyl sites for hydroxylation is 2. The minimum absolute atomic E-state index is 0.127. The van der Waals surface area contributed by atoms with Gasteiger partial charge in [0.05, 0.1) is 5.75 Å². The number of thioether (sulfide) groups is 1. The summed E-state index contributed by atoms with van der Waals surface area (Å²) in [4.78, 5) is 26.9. The lowest BCUT2D eigenvalue weighted by Crippen LogP contribution is -2.17. The van der Waals surface area contributed by atoms with Gasteiger partial charge in [-0.15, -0.1) is 10.2 Å². The number of carbonyl (C=O) groups is 1. The summed E-state index contributed by atoms with van der Waals surface area (Å²) in [5.74, 6) is -0.0494. The molecular formula is C19H18N4O2S. The predicted octanol–water partition coefficient (Wildman–Crippen LogP) is 3.18. The van der Waals surface area contributed by atoms with Crippen LogP contribution in [0.2, 0.25) is 0 Å². The lowest BCUT2D eigenvalue weighted by atomic mass is 10.1. The number of nitrogens with zero attached hydrogens (tertiary/aromatic N) is 2. The molecule has 0 unspecified atom stereocenters. The topological polar surface area (TPSA) is 87.7 Å². The zero-order valence-corrected chi connectivity index (χ0v) is 15.3. The van der Waals surface area contributed by atoms with Gasteiger partial charge in [0.25, 0.3) is 5.56 Å². The molecule has 0 atom stereocenters. The van der Waals surface area contributed by atoms with Crippen LogP contribution in [0.15, 0.2) is 58.5 Å². The molecule has 6 nitrogen and oxygen atoms in total. The normalized spacial score (nSPS) is 10.5. The van der Waals surface area contributed by atoms with Gasteiger partial charge in [-0.2, -0.15) is 0 Å². The number of aromatic amines is 1. The van der Waals surface area contributed by atoms with Crippen molar-refractivity contribution in [2.75, 3.05) is 11.1 Å². The van der Waals surface area contributed by atoms with Gasteiger partial charge >= 0.3 is 0 Å². The van der Waals surface area contributed by atoms with Crippen molar-refractivity contribution >= 4 is 23.4 Å². The number of hydrogen-bond acceptors (Lipinski definition) is 5. The van der Waals surface area contributed by atoms with E-state index in [1.54, 1.807) is 0 Å². The van der Waals surface area contributed by atoms with E-state index in [1.165, 1.54) is 0 Å². The molecule has 1 aromatic heterocycles. The second kappa shape index (κ2) is 7.97. The Morgan fingerprint density at radius 3 is 2.23 bits per heavy atom. The Kier molecular flexibility index (Phi) is 5.48. The Hall–Kier alpha value is -2.93. The van der Waals surface area contributed by atoms with Crippen LogP contribution in [0.4, 0.5) is 5.69 Å². The average molecular weight is 366 g/mol. The third-order valence-electron chi connectivity index (χ3n) is 3.68. The van der Waals surface area contributed by atoms with Crippen molar-refractivity contribution in [3.8, 4) is 11.3 Å². The van der Waals surface area contributed by atoms with Crippen LogP contribution in [0, 0.1) is 13.8 Å². The molecule has 3 aromatic rings. The van der Waals surface area contributed by atoms with E-state index in [1.807, 2.05) is 62.4 Å². The molecule has 0 bridgehead atoms. The maximum absolute atomic E-state index is 12.2. The highest BCUT2D eigenvalue weighted by molar-refractivity contribution is 7.99. The van der Waals surface area contributed by atoms with E-state index in [0.29, 0.717) is 10.7 Å². The first-order valence-corrected chi connectivity index (χ1v) is 9.03. The van der Waals surface area contributed by atoms with Gasteiger partial charge in [-0.3, -0.25) is 14.6 Å². The second-order valence-electron chi connectivity index (χ2n) is 5.88. The Labute approximate surface area is 155 Å². The molecule has 0 aliphatic rings. The third kappa shape index (κ3) is 4.58. The van der Waals surface area contributed by atoms with E-state index >= 15 is 0 Å². The van der Waals surface area contributed by atoms with Crippen LogP contribution in [-0.2, 0) is 4.79 Å². The number of hydrogen-bond donors (Lipinski definition) is 2. The molecule has 2 aromatic carbocycles. The Bertz CT molecular complexity index is 966. The molecule has 1 amide bonds. The lowest BCUT2D eigenvalue weighted by molar-refractivity contribution is -0.113. The van der Waals surface area contributed by atoms with E-state index in [0.717, 1.165) is 28.6 Å². The molecule has 3 rings (SSSR count). The fraction of sp³-hybridized carbons (Fsp3) is 0.158. The molecule has 2 N–H and O–H groups in total. The fourth-order valence-electron chi connectivity index (χ4n) is 2.26. The zero-order chi connectivity index (χ0) is 18.5. The Balaban J connectivity index is 1.62. The minimum atomic E-state index is -0.328. The van der Waals surface area contributed by atoms with E-state index < -0.39 is 0 Å². The molecule has 1 heterocycles. The molecule has 0 saturated carbocycles. The molecule has 0 aliphatic heterocycles. The van der Waals surface area contributed by atoms with Gasteiger partial charge in [0.2, 0.25) is 5.91 Å². The van der Waals surface area contributed by atoms with Crippen molar-refractivity contribution in [3.05, 3.63) is 70.0 Å². The number of H-pyrrole nitrogens is 1. The third-order valence-corrected chi connectivity index (χ3v) is 4.54. The van der Waals surface area contributed by atoms with E-state index in [9.17, 15) is 9.59 Å². The largest absolute Gasteiger partial charge is 0.325 e. The molecule has 0 saturated heterocycles. The quantitative estimate of drug-likeness (QED) is 0.677. The van der Waals surface area contributed by atoms with Crippen LogP contribution in [0.3, 0.4) is 0 Å². The minimum Gasteiger partial charge on any atom is -0.325 e. The highest BCUT2D eigenvalue weighted by Crippen LogP contribution is 2.16. The summed E-state index contributed by atoms with van der Waals surface area (Å²) in [6, 6.07) is 15.0. The van der Waals surface area contributed by atoms with Gasteiger partial charge in [-0.1, -0.05) is 59.3 Å². The molecule has 0 aliphatic carbocycles. The molecule has 0 fully saturated rings. The van der Waals surface area contributed by atoms with Crippen LogP contribution in [-0.4, -0.2) is 26.8 Å². The second-order valence-corrected chi connectivity index (χ2v) is 6.84. The average Bonchev–Trinajstić information content (AvgIpc) is 2.63. The predicted molar refractivity (Wildman–Crippen MR) is 103 cm³/mol. The highest BCUT2D eigenvalue weighted by atomic mass is 32.2. The van der Waals surface area contributed by atoms with Gasteiger partial charge in [0, 0.05) is 11.3 Å². The maximum Gasteiger partial charge on any atom is 0.278 e. The first-order chi connectivity index (χ1) is 12.5.